The van der Waals surface area contributed by atoms with Crippen molar-refractivity contribution in [2.45, 2.75) is 20.4 Å². The summed E-state index contributed by atoms with van der Waals surface area (Å²) in [6.07, 6.45) is 1.68. The molecule has 0 atom stereocenters. The SMILES string of the molecule is Cc1ccc(NCc2nc(-c3ccnc(C)n3)no2)cc1. The van der Waals surface area contributed by atoms with Crippen molar-refractivity contribution in [3.63, 3.8) is 0 Å². The Morgan fingerprint density at radius 2 is 1.86 bits per heavy atom. The van der Waals surface area contributed by atoms with Crippen molar-refractivity contribution >= 4 is 5.69 Å². The summed E-state index contributed by atoms with van der Waals surface area (Å²) < 4.78 is 5.22. The van der Waals surface area contributed by atoms with E-state index in [-0.39, 0.29) is 0 Å². The van der Waals surface area contributed by atoms with E-state index in [1.54, 1.807) is 12.3 Å². The van der Waals surface area contributed by atoms with Gasteiger partial charge in [-0.2, -0.15) is 4.98 Å². The number of aryl methyl sites for hydroxylation is 2. The lowest BCUT2D eigenvalue weighted by Gasteiger charge is -2.02. The van der Waals surface area contributed by atoms with Gasteiger partial charge in [-0.3, -0.25) is 0 Å². The molecule has 106 valence electrons. The number of aromatic nitrogens is 4. The molecule has 1 N–H and O–H groups in total. The van der Waals surface area contributed by atoms with Gasteiger partial charge in [-0.05, 0) is 32.0 Å². The summed E-state index contributed by atoms with van der Waals surface area (Å²) in [7, 11) is 0. The highest BCUT2D eigenvalue weighted by Crippen LogP contribution is 2.14. The minimum Gasteiger partial charge on any atom is -0.376 e. The molecule has 0 amide bonds. The van der Waals surface area contributed by atoms with Crippen LogP contribution in [0.25, 0.3) is 11.5 Å². The first-order valence-electron chi connectivity index (χ1n) is 6.64. The van der Waals surface area contributed by atoms with E-state index in [0.29, 0.717) is 29.8 Å². The summed E-state index contributed by atoms with van der Waals surface area (Å²) in [5.74, 6) is 1.67. The molecule has 6 nitrogen and oxygen atoms in total. The highest BCUT2D eigenvalue weighted by molar-refractivity contribution is 5.47. The summed E-state index contributed by atoms with van der Waals surface area (Å²) in [6.45, 7) is 4.35. The van der Waals surface area contributed by atoms with Gasteiger partial charge in [0.2, 0.25) is 11.7 Å². The first kappa shape index (κ1) is 13.2. The average Bonchev–Trinajstić information content (AvgIpc) is 2.96. The van der Waals surface area contributed by atoms with Crippen LogP contribution in [-0.4, -0.2) is 20.1 Å². The van der Waals surface area contributed by atoms with Crippen LogP contribution in [0.2, 0.25) is 0 Å². The highest BCUT2D eigenvalue weighted by atomic mass is 16.5. The molecular formula is C15H15N5O. The van der Waals surface area contributed by atoms with E-state index in [2.05, 4.69) is 32.3 Å². The Labute approximate surface area is 122 Å². The van der Waals surface area contributed by atoms with Crippen LogP contribution < -0.4 is 5.32 Å². The zero-order valence-corrected chi connectivity index (χ0v) is 11.9. The van der Waals surface area contributed by atoms with Gasteiger partial charge in [0.1, 0.15) is 11.5 Å². The van der Waals surface area contributed by atoms with E-state index in [4.69, 9.17) is 4.52 Å². The summed E-state index contributed by atoms with van der Waals surface area (Å²) in [5.41, 5.74) is 2.89. The quantitative estimate of drug-likeness (QED) is 0.792. The third kappa shape index (κ3) is 3.22. The molecule has 0 spiro atoms. The van der Waals surface area contributed by atoms with Gasteiger partial charge in [-0.1, -0.05) is 22.9 Å². The number of rotatable bonds is 4. The van der Waals surface area contributed by atoms with E-state index < -0.39 is 0 Å². The number of benzene rings is 1. The maximum Gasteiger partial charge on any atom is 0.246 e. The van der Waals surface area contributed by atoms with Gasteiger partial charge in [0.05, 0.1) is 6.54 Å². The van der Waals surface area contributed by atoms with Crippen molar-refractivity contribution in [2.75, 3.05) is 5.32 Å². The van der Waals surface area contributed by atoms with Crippen molar-refractivity contribution in [1.82, 2.24) is 20.1 Å². The molecule has 6 heteroatoms. The first-order valence-corrected chi connectivity index (χ1v) is 6.64. The van der Waals surface area contributed by atoms with Crippen LogP contribution in [0.4, 0.5) is 5.69 Å². The molecule has 0 saturated carbocycles. The van der Waals surface area contributed by atoms with Crippen molar-refractivity contribution in [1.29, 1.82) is 0 Å². The summed E-state index contributed by atoms with van der Waals surface area (Å²) in [4.78, 5) is 12.6. The molecule has 0 unspecified atom stereocenters. The maximum atomic E-state index is 5.22. The third-order valence-electron chi connectivity index (χ3n) is 2.97. The Morgan fingerprint density at radius 1 is 1.05 bits per heavy atom. The predicted octanol–water partition coefficient (Wildman–Crippen LogP) is 2.76. The molecule has 21 heavy (non-hydrogen) atoms. The molecule has 0 aliphatic carbocycles. The van der Waals surface area contributed by atoms with E-state index in [1.165, 1.54) is 5.56 Å². The van der Waals surface area contributed by atoms with Gasteiger partial charge in [-0.15, -0.1) is 0 Å². The van der Waals surface area contributed by atoms with Gasteiger partial charge < -0.3 is 9.84 Å². The van der Waals surface area contributed by atoms with Crippen LogP contribution in [-0.2, 0) is 6.54 Å². The van der Waals surface area contributed by atoms with Crippen LogP contribution in [0.1, 0.15) is 17.3 Å². The molecule has 3 aromatic rings. The lowest BCUT2D eigenvalue weighted by atomic mass is 10.2. The Balaban J connectivity index is 1.69. The normalized spacial score (nSPS) is 10.6. The number of anilines is 1. The molecule has 3 rings (SSSR count). The lowest BCUT2D eigenvalue weighted by Crippen LogP contribution is -1.99. The number of hydrogen-bond donors (Lipinski definition) is 1. The highest BCUT2D eigenvalue weighted by Gasteiger charge is 2.09. The van der Waals surface area contributed by atoms with Crippen LogP contribution in [0.3, 0.4) is 0 Å². The van der Waals surface area contributed by atoms with Gasteiger partial charge in [0.25, 0.3) is 0 Å². The van der Waals surface area contributed by atoms with Crippen molar-refractivity contribution in [3.05, 3.63) is 53.8 Å². The summed E-state index contributed by atoms with van der Waals surface area (Å²) in [5, 5.41) is 7.17. The monoisotopic (exact) mass is 281 g/mol. The van der Waals surface area contributed by atoms with Gasteiger partial charge >= 0.3 is 0 Å². The fraction of sp³-hybridized carbons (Fsp3) is 0.200. The van der Waals surface area contributed by atoms with E-state index in [9.17, 15) is 0 Å². The third-order valence-corrected chi connectivity index (χ3v) is 2.97. The smallest absolute Gasteiger partial charge is 0.246 e. The minimum absolute atomic E-state index is 0.472. The van der Waals surface area contributed by atoms with Crippen LogP contribution in [0.5, 0.6) is 0 Å². The van der Waals surface area contributed by atoms with Crippen molar-refractivity contribution in [3.8, 4) is 11.5 Å². The number of nitrogens with zero attached hydrogens (tertiary/aromatic N) is 4. The van der Waals surface area contributed by atoms with Crippen LogP contribution in [0, 0.1) is 13.8 Å². The standard InChI is InChI=1S/C15H15N5O/c1-10-3-5-12(6-4-10)17-9-14-19-15(20-21-14)13-7-8-16-11(2)18-13/h3-8,17H,9H2,1-2H3. The molecule has 0 saturated heterocycles. The van der Waals surface area contributed by atoms with Crippen molar-refractivity contribution < 1.29 is 4.52 Å². The number of hydrogen-bond acceptors (Lipinski definition) is 6. The molecule has 0 aliphatic rings. The Hall–Kier alpha value is -2.76. The Morgan fingerprint density at radius 3 is 2.62 bits per heavy atom. The fourth-order valence-electron chi connectivity index (χ4n) is 1.86. The van der Waals surface area contributed by atoms with Crippen LogP contribution >= 0.6 is 0 Å². The minimum atomic E-state index is 0.472. The largest absolute Gasteiger partial charge is 0.376 e. The molecular weight excluding hydrogens is 266 g/mol. The Kier molecular flexibility index (Phi) is 3.59. The predicted molar refractivity (Wildman–Crippen MR) is 78.6 cm³/mol. The van der Waals surface area contributed by atoms with Gasteiger partial charge in [0.15, 0.2) is 0 Å². The lowest BCUT2D eigenvalue weighted by molar-refractivity contribution is 0.384. The second-order valence-electron chi connectivity index (χ2n) is 4.72. The van der Waals surface area contributed by atoms with Crippen molar-refractivity contribution in [2.24, 2.45) is 0 Å². The van der Waals surface area contributed by atoms with E-state index >= 15 is 0 Å². The zero-order valence-electron chi connectivity index (χ0n) is 11.9. The molecule has 2 heterocycles. The molecule has 0 radical (unpaired) electrons. The molecule has 0 fully saturated rings. The maximum absolute atomic E-state index is 5.22. The second kappa shape index (κ2) is 5.70. The van der Waals surface area contributed by atoms with Crippen LogP contribution in [0.15, 0.2) is 41.1 Å². The first-order chi connectivity index (χ1) is 10.2. The molecule has 1 aromatic carbocycles. The Bertz CT molecular complexity index is 736. The summed E-state index contributed by atoms with van der Waals surface area (Å²) in [6, 6.07) is 9.88. The van der Waals surface area contributed by atoms with E-state index in [1.807, 2.05) is 31.2 Å². The topological polar surface area (TPSA) is 76.7 Å². The van der Waals surface area contributed by atoms with E-state index in [0.717, 1.165) is 5.69 Å². The molecule has 0 bridgehead atoms. The van der Waals surface area contributed by atoms with Gasteiger partial charge in [0, 0.05) is 11.9 Å². The number of nitrogens with one attached hydrogen (secondary N) is 1. The molecule has 0 aliphatic heterocycles. The van der Waals surface area contributed by atoms with Gasteiger partial charge in [-0.25, -0.2) is 9.97 Å². The second-order valence-corrected chi connectivity index (χ2v) is 4.72. The fourth-order valence-corrected chi connectivity index (χ4v) is 1.86. The zero-order chi connectivity index (χ0) is 14.7. The average molecular weight is 281 g/mol. The summed E-state index contributed by atoms with van der Waals surface area (Å²) >= 11 is 0. The molecule has 2 aromatic heterocycles.